The van der Waals surface area contributed by atoms with E-state index in [2.05, 4.69) is 4.99 Å². The molecule has 1 atom stereocenters. The zero-order valence-electron chi connectivity index (χ0n) is 5.88. The molecule has 0 aromatic heterocycles. The molecule has 0 saturated carbocycles. The van der Waals surface area contributed by atoms with Gasteiger partial charge < -0.3 is 0 Å². The Labute approximate surface area is 65.1 Å². The third-order valence-corrected chi connectivity index (χ3v) is 3.01. The molecule has 2 nitrogen and oxygen atoms in total. The van der Waals surface area contributed by atoms with Gasteiger partial charge in [-0.1, -0.05) is 6.42 Å². The van der Waals surface area contributed by atoms with Crippen molar-refractivity contribution in [2.24, 2.45) is 4.99 Å². The van der Waals surface area contributed by atoms with E-state index in [-0.39, 0.29) is 0 Å². The van der Waals surface area contributed by atoms with Crippen LogP contribution in [-0.4, -0.2) is 23.6 Å². The number of isocyanates is 1. The van der Waals surface area contributed by atoms with Crippen molar-refractivity contribution in [3.8, 4) is 0 Å². The lowest BCUT2D eigenvalue weighted by molar-refractivity contribution is 0.561. The highest BCUT2D eigenvalue weighted by Gasteiger charge is 2.12. The highest BCUT2D eigenvalue weighted by molar-refractivity contribution is 7.99. The molecule has 1 heterocycles. The standard InChI is InChI=1S/C7H11NOS/c9-6-8-5-7-3-1-2-4-10-7/h7H,1-5H2. The third kappa shape index (κ3) is 2.54. The fraction of sp³-hybridized carbons (Fsp3) is 0.857. The van der Waals surface area contributed by atoms with Gasteiger partial charge in [0.05, 0.1) is 6.54 Å². The Morgan fingerprint density at radius 3 is 3.10 bits per heavy atom. The molecule has 0 amide bonds. The van der Waals surface area contributed by atoms with E-state index in [1.165, 1.54) is 25.0 Å². The SMILES string of the molecule is O=C=NCC1CCCCS1. The fourth-order valence-corrected chi connectivity index (χ4v) is 2.31. The molecule has 1 rings (SSSR count). The van der Waals surface area contributed by atoms with Crippen LogP contribution in [0.5, 0.6) is 0 Å². The second-order valence-corrected chi connectivity index (χ2v) is 3.83. The molecule has 0 aromatic carbocycles. The molecule has 0 spiro atoms. The topological polar surface area (TPSA) is 29.4 Å². The van der Waals surface area contributed by atoms with Crippen LogP contribution in [0.3, 0.4) is 0 Å². The average Bonchev–Trinajstić information content (AvgIpc) is 2.03. The Kier molecular flexibility index (Phi) is 3.55. The summed E-state index contributed by atoms with van der Waals surface area (Å²) in [6, 6.07) is 0. The summed E-state index contributed by atoms with van der Waals surface area (Å²) < 4.78 is 0. The molecule has 0 aromatic rings. The smallest absolute Gasteiger partial charge is 0.211 e. The lowest BCUT2D eigenvalue weighted by Crippen LogP contribution is -2.12. The second kappa shape index (κ2) is 4.53. The van der Waals surface area contributed by atoms with Crippen molar-refractivity contribution in [2.45, 2.75) is 24.5 Å². The summed E-state index contributed by atoms with van der Waals surface area (Å²) in [5.41, 5.74) is 0. The molecule has 10 heavy (non-hydrogen) atoms. The summed E-state index contributed by atoms with van der Waals surface area (Å²) in [6.07, 6.45) is 5.42. The molecule has 1 unspecified atom stereocenters. The van der Waals surface area contributed by atoms with Crippen LogP contribution < -0.4 is 0 Å². The number of carbonyl (C=O) groups excluding carboxylic acids is 1. The maximum atomic E-state index is 9.75. The minimum absolute atomic E-state index is 0.593. The van der Waals surface area contributed by atoms with Crippen molar-refractivity contribution in [3.05, 3.63) is 0 Å². The quantitative estimate of drug-likeness (QED) is 0.450. The molecular formula is C7H11NOS. The molecule has 0 aliphatic carbocycles. The Morgan fingerprint density at radius 2 is 2.50 bits per heavy atom. The maximum absolute atomic E-state index is 9.75. The van der Waals surface area contributed by atoms with Crippen molar-refractivity contribution < 1.29 is 4.79 Å². The van der Waals surface area contributed by atoms with Gasteiger partial charge in [0.2, 0.25) is 6.08 Å². The van der Waals surface area contributed by atoms with E-state index in [1.54, 1.807) is 6.08 Å². The van der Waals surface area contributed by atoms with E-state index in [0.717, 1.165) is 0 Å². The summed E-state index contributed by atoms with van der Waals surface area (Å²) in [7, 11) is 0. The van der Waals surface area contributed by atoms with Gasteiger partial charge in [-0.3, -0.25) is 0 Å². The van der Waals surface area contributed by atoms with Gasteiger partial charge >= 0.3 is 0 Å². The number of thioether (sulfide) groups is 1. The zero-order valence-corrected chi connectivity index (χ0v) is 6.69. The molecule has 0 bridgehead atoms. The number of nitrogens with zero attached hydrogens (tertiary/aromatic N) is 1. The highest BCUT2D eigenvalue weighted by atomic mass is 32.2. The number of aliphatic imine (C=N–C) groups is 1. The summed E-state index contributed by atoms with van der Waals surface area (Å²) in [5.74, 6) is 1.24. The summed E-state index contributed by atoms with van der Waals surface area (Å²) in [5, 5.41) is 0.593. The molecule has 1 aliphatic rings. The average molecular weight is 157 g/mol. The van der Waals surface area contributed by atoms with Crippen molar-refractivity contribution in [1.82, 2.24) is 0 Å². The monoisotopic (exact) mass is 157 g/mol. The normalized spacial score (nSPS) is 25.4. The van der Waals surface area contributed by atoms with Crippen molar-refractivity contribution in [1.29, 1.82) is 0 Å². The third-order valence-electron chi connectivity index (χ3n) is 1.63. The molecular weight excluding hydrogens is 146 g/mol. The van der Waals surface area contributed by atoms with Gasteiger partial charge in [0, 0.05) is 5.25 Å². The number of rotatable bonds is 2. The van der Waals surface area contributed by atoms with E-state index in [4.69, 9.17) is 0 Å². The second-order valence-electron chi connectivity index (χ2n) is 2.42. The van der Waals surface area contributed by atoms with Crippen LogP contribution in [0.2, 0.25) is 0 Å². The predicted octanol–water partition coefficient (Wildman–Crippen LogP) is 1.61. The molecule has 3 heteroatoms. The van der Waals surface area contributed by atoms with Crippen LogP contribution in [0.1, 0.15) is 19.3 Å². The zero-order chi connectivity index (χ0) is 7.23. The Balaban J connectivity index is 2.19. The number of hydrogen-bond acceptors (Lipinski definition) is 3. The van der Waals surface area contributed by atoms with Crippen LogP contribution in [0.4, 0.5) is 0 Å². The predicted molar refractivity (Wildman–Crippen MR) is 43.1 cm³/mol. The molecule has 0 radical (unpaired) electrons. The van der Waals surface area contributed by atoms with Gasteiger partial charge in [-0.2, -0.15) is 11.8 Å². The molecule has 1 saturated heterocycles. The van der Waals surface area contributed by atoms with Crippen LogP contribution in [0.15, 0.2) is 4.99 Å². The van der Waals surface area contributed by atoms with Crippen LogP contribution in [-0.2, 0) is 4.79 Å². The molecule has 1 aliphatic heterocycles. The fourth-order valence-electron chi connectivity index (χ4n) is 1.09. The van der Waals surface area contributed by atoms with Crippen molar-refractivity contribution in [2.75, 3.05) is 12.3 Å². The van der Waals surface area contributed by atoms with Gasteiger partial charge in [-0.15, -0.1) is 0 Å². The number of hydrogen-bond donors (Lipinski definition) is 0. The van der Waals surface area contributed by atoms with Gasteiger partial charge in [-0.25, -0.2) is 9.79 Å². The Hall–Kier alpha value is -0.270. The highest BCUT2D eigenvalue weighted by Crippen LogP contribution is 2.24. The summed E-state index contributed by atoms with van der Waals surface area (Å²) in [6.45, 7) is 0.675. The van der Waals surface area contributed by atoms with Gasteiger partial charge in [0.25, 0.3) is 0 Å². The van der Waals surface area contributed by atoms with E-state index in [0.29, 0.717) is 11.8 Å². The summed E-state index contributed by atoms with van der Waals surface area (Å²) in [4.78, 5) is 13.3. The first-order valence-electron chi connectivity index (χ1n) is 3.58. The largest absolute Gasteiger partial charge is 0.234 e. The first-order chi connectivity index (χ1) is 4.93. The van der Waals surface area contributed by atoms with Crippen LogP contribution in [0, 0.1) is 0 Å². The van der Waals surface area contributed by atoms with Crippen LogP contribution in [0.25, 0.3) is 0 Å². The molecule has 56 valence electrons. The Morgan fingerprint density at radius 1 is 1.60 bits per heavy atom. The molecule has 0 N–H and O–H groups in total. The first-order valence-corrected chi connectivity index (χ1v) is 4.63. The Bertz CT molecular complexity index is 137. The van der Waals surface area contributed by atoms with E-state index >= 15 is 0 Å². The minimum atomic E-state index is 0.593. The van der Waals surface area contributed by atoms with E-state index in [9.17, 15) is 4.79 Å². The van der Waals surface area contributed by atoms with Gasteiger partial charge in [0.1, 0.15) is 0 Å². The van der Waals surface area contributed by atoms with Crippen molar-refractivity contribution in [3.63, 3.8) is 0 Å². The van der Waals surface area contributed by atoms with Gasteiger partial charge in [-0.05, 0) is 18.6 Å². The van der Waals surface area contributed by atoms with Crippen molar-refractivity contribution >= 4 is 17.8 Å². The van der Waals surface area contributed by atoms with Gasteiger partial charge in [0.15, 0.2) is 0 Å². The maximum Gasteiger partial charge on any atom is 0.234 e. The lowest BCUT2D eigenvalue weighted by Gasteiger charge is -2.18. The molecule has 1 fully saturated rings. The van der Waals surface area contributed by atoms with E-state index < -0.39 is 0 Å². The first kappa shape index (κ1) is 7.83. The van der Waals surface area contributed by atoms with Crippen LogP contribution >= 0.6 is 11.8 Å². The van der Waals surface area contributed by atoms with E-state index in [1.807, 2.05) is 11.8 Å². The lowest BCUT2D eigenvalue weighted by atomic mass is 10.2. The minimum Gasteiger partial charge on any atom is -0.211 e. The summed E-state index contributed by atoms with van der Waals surface area (Å²) >= 11 is 1.93.